The summed E-state index contributed by atoms with van der Waals surface area (Å²) in [5.74, 6) is 1.52. The molecule has 2 aromatic carbocycles. The van der Waals surface area contributed by atoms with Gasteiger partial charge in [-0.2, -0.15) is 0 Å². The Hall–Kier alpha value is -2.24. The van der Waals surface area contributed by atoms with Crippen LogP contribution in [0.2, 0.25) is 5.02 Å². The Balaban J connectivity index is 1.11. The molecule has 7 rings (SSSR count). The first-order chi connectivity index (χ1) is 18.1. The SMILES string of the molecule is COC(=O)c1sc2cc(NC(=S)Nc3ccc(S(=O)(=O)NC45CC6CC(CC(C6)C4)C5)cc3)ccc2c1Cl. The summed E-state index contributed by atoms with van der Waals surface area (Å²) >= 11 is 13.0. The van der Waals surface area contributed by atoms with Crippen LogP contribution in [0.5, 0.6) is 0 Å². The van der Waals surface area contributed by atoms with Gasteiger partial charge in [-0.25, -0.2) is 17.9 Å². The third-order valence-electron chi connectivity index (χ3n) is 8.07. The summed E-state index contributed by atoms with van der Waals surface area (Å²) in [6.45, 7) is 0. The molecule has 1 heterocycles. The average Bonchev–Trinajstić information content (AvgIpc) is 3.18. The highest BCUT2D eigenvalue weighted by Gasteiger charge is 2.52. The van der Waals surface area contributed by atoms with Crippen LogP contribution in [0.15, 0.2) is 47.4 Å². The number of esters is 1. The molecular formula is C27H28ClN3O4S3. The largest absolute Gasteiger partial charge is 0.465 e. The second-order valence-corrected chi connectivity index (χ2v) is 14.4. The number of halogens is 1. The Kier molecular flexibility index (Phi) is 6.67. The van der Waals surface area contributed by atoms with Crippen molar-refractivity contribution in [1.82, 2.24) is 4.72 Å². The van der Waals surface area contributed by atoms with E-state index >= 15 is 0 Å². The van der Waals surface area contributed by atoms with Crippen LogP contribution in [0.4, 0.5) is 11.4 Å². The van der Waals surface area contributed by atoms with Gasteiger partial charge in [0.2, 0.25) is 10.0 Å². The Labute approximate surface area is 236 Å². The van der Waals surface area contributed by atoms with Crippen LogP contribution in [0.25, 0.3) is 10.1 Å². The lowest BCUT2D eigenvalue weighted by molar-refractivity contribution is -0.00810. The van der Waals surface area contributed by atoms with E-state index in [9.17, 15) is 13.2 Å². The molecule has 4 fully saturated rings. The van der Waals surface area contributed by atoms with Crippen molar-refractivity contribution in [1.29, 1.82) is 0 Å². The van der Waals surface area contributed by atoms with Crippen molar-refractivity contribution < 1.29 is 17.9 Å². The standard InChI is InChI=1S/C27H28ClN3O4S3/c1-35-25(32)24-23(28)21-7-4-19(11-22(21)37-24)30-26(36)29-18-2-5-20(6-3-18)38(33,34)31-27-12-15-8-16(13-27)10-17(9-15)14-27/h2-7,11,15-17,31H,8-10,12-14H2,1H3,(H2,29,30,36). The molecule has 0 radical (unpaired) electrons. The smallest absolute Gasteiger partial charge is 0.349 e. The van der Waals surface area contributed by atoms with Gasteiger partial charge in [0.25, 0.3) is 0 Å². The normalized spacial score (nSPS) is 25.9. The van der Waals surface area contributed by atoms with Gasteiger partial charge in [0, 0.05) is 27.0 Å². The van der Waals surface area contributed by atoms with Gasteiger partial charge in [0.15, 0.2) is 5.11 Å². The number of methoxy groups -OCH3 is 1. The number of carbonyl (C=O) groups is 1. The second-order valence-electron chi connectivity index (χ2n) is 10.9. The monoisotopic (exact) mass is 589 g/mol. The van der Waals surface area contributed by atoms with Crippen LogP contribution in [0.3, 0.4) is 0 Å². The van der Waals surface area contributed by atoms with Crippen LogP contribution in [0.1, 0.15) is 48.2 Å². The van der Waals surface area contributed by atoms with E-state index in [0.717, 1.165) is 35.0 Å². The van der Waals surface area contributed by atoms with E-state index in [1.54, 1.807) is 24.3 Å². The molecule has 4 bridgehead atoms. The zero-order chi connectivity index (χ0) is 26.7. The molecule has 3 N–H and O–H groups in total. The van der Waals surface area contributed by atoms with Crippen molar-refractivity contribution in [2.75, 3.05) is 17.7 Å². The Bertz CT molecular complexity index is 1500. The number of thiophene rings is 1. The molecule has 0 unspecified atom stereocenters. The van der Waals surface area contributed by atoms with E-state index in [1.165, 1.54) is 37.7 Å². The number of nitrogens with one attached hydrogen (secondary N) is 3. The fraction of sp³-hybridized carbons (Fsp3) is 0.407. The van der Waals surface area contributed by atoms with Crippen molar-refractivity contribution in [3.63, 3.8) is 0 Å². The maximum absolute atomic E-state index is 13.3. The summed E-state index contributed by atoms with van der Waals surface area (Å²) in [5, 5.41) is 7.70. The number of hydrogen-bond acceptors (Lipinski definition) is 6. The fourth-order valence-corrected chi connectivity index (χ4v) is 10.1. The lowest BCUT2D eigenvalue weighted by Gasteiger charge is -2.56. The first-order valence-electron chi connectivity index (χ1n) is 12.7. The van der Waals surface area contributed by atoms with E-state index < -0.39 is 16.0 Å². The third kappa shape index (κ3) is 4.93. The molecule has 200 valence electrons. The number of fused-ring (bicyclic) bond motifs is 1. The predicted molar refractivity (Wildman–Crippen MR) is 156 cm³/mol. The molecule has 1 aromatic heterocycles. The Morgan fingerprint density at radius 3 is 2.18 bits per heavy atom. The number of thiocarbonyl (C=S) groups is 1. The topological polar surface area (TPSA) is 96.5 Å². The lowest BCUT2D eigenvalue weighted by Crippen LogP contribution is -2.59. The quantitative estimate of drug-likeness (QED) is 0.226. The van der Waals surface area contributed by atoms with Gasteiger partial charge < -0.3 is 15.4 Å². The third-order valence-corrected chi connectivity index (χ3v) is 11.5. The van der Waals surface area contributed by atoms with Crippen molar-refractivity contribution in [3.8, 4) is 0 Å². The van der Waals surface area contributed by atoms with Crippen LogP contribution in [-0.2, 0) is 14.8 Å². The van der Waals surface area contributed by atoms with Gasteiger partial charge in [-0.05, 0) is 111 Å². The van der Waals surface area contributed by atoms with Gasteiger partial charge in [0.05, 0.1) is 17.0 Å². The number of carbonyl (C=O) groups excluding carboxylic acids is 1. The molecule has 0 saturated heterocycles. The molecular weight excluding hydrogens is 562 g/mol. The molecule has 4 aliphatic carbocycles. The molecule has 4 aliphatic rings. The maximum Gasteiger partial charge on any atom is 0.349 e. The Morgan fingerprint density at radius 2 is 1.58 bits per heavy atom. The lowest BCUT2D eigenvalue weighted by atomic mass is 9.53. The summed E-state index contributed by atoms with van der Waals surface area (Å²) in [7, 11) is -2.29. The number of anilines is 2. The highest BCUT2D eigenvalue weighted by atomic mass is 35.5. The van der Waals surface area contributed by atoms with Crippen molar-refractivity contribution in [2.45, 2.75) is 49.0 Å². The summed E-state index contributed by atoms with van der Waals surface area (Å²) in [6, 6.07) is 12.2. The van der Waals surface area contributed by atoms with E-state index in [-0.39, 0.29) is 10.4 Å². The van der Waals surface area contributed by atoms with Gasteiger partial charge >= 0.3 is 5.97 Å². The zero-order valence-electron chi connectivity index (χ0n) is 20.8. The molecule has 0 atom stereocenters. The predicted octanol–water partition coefficient (Wildman–Crippen LogP) is 6.40. The minimum absolute atomic E-state index is 0.263. The number of sulfonamides is 1. The van der Waals surface area contributed by atoms with Crippen LogP contribution in [-0.4, -0.2) is 32.1 Å². The number of ether oxygens (including phenoxy) is 1. The summed E-state index contributed by atoms with van der Waals surface area (Å²) in [4.78, 5) is 12.6. The van der Waals surface area contributed by atoms with E-state index in [1.807, 2.05) is 18.2 Å². The van der Waals surface area contributed by atoms with Crippen molar-refractivity contribution >= 4 is 77.7 Å². The summed E-state index contributed by atoms with van der Waals surface area (Å²) in [6.07, 6.45) is 6.68. The van der Waals surface area contributed by atoms with Crippen molar-refractivity contribution in [3.05, 3.63) is 52.4 Å². The van der Waals surface area contributed by atoms with E-state index in [4.69, 9.17) is 28.6 Å². The van der Waals surface area contributed by atoms with Crippen LogP contribution >= 0.6 is 35.2 Å². The van der Waals surface area contributed by atoms with Gasteiger partial charge in [-0.3, -0.25) is 0 Å². The van der Waals surface area contributed by atoms with E-state index in [0.29, 0.717) is 38.5 Å². The fourth-order valence-electron chi connectivity index (χ4n) is 6.96. The molecule has 0 spiro atoms. The molecule has 11 heteroatoms. The Morgan fingerprint density at radius 1 is 1.00 bits per heavy atom. The number of hydrogen-bond donors (Lipinski definition) is 3. The highest BCUT2D eigenvalue weighted by molar-refractivity contribution is 7.89. The molecule has 7 nitrogen and oxygen atoms in total. The highest BCUT2D eigenvalue weighted by Crippen LogP contribution is 2.56. The first kappa shape index (κ1) is 26.0. The summed E-state index contributed by atoms with van der Waals surface area (Å²) < 4.78 is 35.3. The van der Waals surface area contributed by atoms with Crippen molar-refractivity contribution in [2.24, 2.45) is 17.8 Å². The zero-order valence-corrected chi connectivity index (χ0v) is 24.0. The van der Waals surface area contributed by atoms with Gasteiger partial charge in [-0.1, -0.05) is 11.6 Å². The maximum atomic E-state index is 13.3. The first-order valence-corrected chi connectivity index (χ1v) is 15.7. The summed E-state index contributed by atoms with van der Waals surface area (Å²) in [5.41, 5.74) is 1.12. The molecule has 38 heavy (non-hydrogen) atoms. The van der Waals surface area contributed by atoms with E-state index in [2.05, 4.69) is 15.4 Å². The average molecular weight is 590 g/mol. The van der Waals surface area contributed by atoms with Gasteiger partial charge in [-0.15, -0.1) is 11.3 Å². The number of rotatable bonds is 6. The second kappa shape index (κ2) is 9.75. The van der Waals surface area contributed by atoms with Crippen LogP contribution in [0, 0.1) is 17.8 Å². The minimum atomic E-state index is -3.62. The molecule has 3 aromatic rings. The molecule has 4 saturated carbocycles. The van der Waals surface area contributed by atoms with Crippen LogP contribution < -0.4 is 15.4 Å². The van der Waals surface area contributed by atoms with Gasteiger partial charge in [0.1, 0.15) is 4.88 Å². The minimum Gasteiger partial charge on any atom is -0.465 e. The molecule has 0 amide bonds. The molecule has 0 aliphatic heterocycles. The number of benzene rings is 2.